The molecule has 0 saturated carbocycles. The molecule has 0 bridgehead atoms. The normalized spacial score (nSPS) is 18.6. The van der Waals surface area contributed by atoms with E-state index in [2.05, 4.69) is 4.98 Å². The number of benzene rings is 2. The van der Waals surface area contributed by atoms with Gasteiger partial charge in [0, 0.05) is 26.2 Å². The third kappa shape index (κ3) is 4.65. The Bertz CT molecular complexity index is 1230. The van der Waals surface area contributed by atoms with Crippen molar-refractivity contribution >= 4 is 38.8 Å². The first-order valence-corrected chi connectivity index (χ1v) is 13.3. The molecule has 8 nitrogen and oxygen atoms in total. The number of aromatic nitrogens is 1. The highest BCUT2D eigenvalue weighted by Gasteiger charge is 2.31. The fraction of sp³-hybridized carbons (Fsp3) is 0.391. The number of carbonyl (C=O) groups excluding carboxylic acids is 1. The topological polar surface area (TPSA) is 92.9 Å². The largest absolute Gasteiger partial charge is 0.431 e. The van der Waals surface area contributed by atoms with Crippen LogP contribution in [0.1, 0.15) is 23.7 Å². The van der Waals surface area contributed by atoms with Crippen molar-refractivity contribution in [3.63, 3.8) is 0 Å². The summed E-state index contributed by atoms with van der Waals surface area (Å²) in [6.07, 6.45) is 2.03. The van der Waals surface area contributed by atoms with Crippen molar-refractivity contribution in [2.45, 2.75) is 28.2 Å². The number of hydrogen-bond donors (Lipinski definition) is 0. The lowest BCUT2D eigenvalue weighted by atomic mass is 10.1. The number of ether oxygens (including phenoxy) is 1. The summed E-state index contributed by atoms with van der Waals surface area (Å²) in [5.41, 5.74) is 1.82. The Hall–Kier alpha value is -2.40. The molecule has 2 fully saturated rings. The van der Waals surface area contributed by atoms with Crippen LogP contribution in [0, 0.1) is 0 Å². The van der Waals surface area contributed by atoms with Gasteiger partial charge < -0.3 is 14.1 Å². The zero-order valence-corrected chi connectivity index (χ0v) is 19.7. The summed E-state index contributed by atoms with van der Waals surface area (Å²) in [6.45, 7) is 2.96. The summed E-state index contributed by atoms with van der Waals surface area (Å²) in [6, 6.07) is 14.3. The van der Waals surface area contributed by atoms with E-state index in [4.69, 9.17) is 9.15 Å². The molecule has 2 aromatic carbocycles. The second-order valence-electron chi connectivity index (χ2n) is 8.07. The Labute approximate surface area is 197 Å². The van der Waals surface area contributed by atoms with E-state index in [9.17, 15) is 13.2 Å². The number of fused-ring (bicyclic) bond motifs is 1. The molecule has 1 amide bonds. The van der Waals surface area contributed by atoms with Crippen LogP contribution in [0.2, 0.25) is 0 Å². The van der Waals surface area contributed by atoms with E-state index in [1.54, 1.807) is 6.07 Å². The first-order valence-electron chi connectivity index (χ1n) is 11.0. The van der Waals surface area contributed by atoms with Crippen molar-refractivity contribution in [1.29, 1.82) is 0 Å². The lowest BCUT2D eigenvalue weighted by molar-refractivity contribution is -0.129. The van der Waals surface area contributed by atoms with Crippen molar-refractivity contribution < 1.29 is 22.4 Å². The highest BCUT2D eigenvalue weighted by atomic mass is 32.2. The second-order valence-corrected chi connectivity index (χ2v) is 11.1. The quantitative estimate of drug-likeness (QED) is 0.493. The molecule has 0 spiro atoms. The van der Waals surface area contributed by atoms with Crippen LogP contribution in [-0.4, -0.2) is 67.9 Å². The number of rotatable bonds is 6. The van der Waals surface area contributed by atoms with Gasteiger partial charge in [-0.1, -0.05) is 30.3 Å². The maximum absolute atomic E-state index is 13.3. The van der Waals surface area contributed by atoms with E-state index in [0.29, 0.717) is 42.6 Å². The van der Waals surface area contributed by atoms with E-state index >= 15 is 0 Å². The third-order valence-corrected chi connectivity index (χ3v) is 8.89. The van der Waals surface area contributed by atoms with Crippen LogP contribution in [0.15, 0.2) is 63.1 Å². The van der Waals surface area contributed by atoms with Crippen molar-refractivity contribution in [3.05, 3.63) is 54.1 Å². The predicted molar refractivity (Wildman–Crippen MR) is 124 cm³/mol. The number of hydrogen-bond acceptors (Lipinski definition) is 7. The summed E-state index contributed by atoms with van der Waals surface area (Å²) < 4.78 is 38.6. The van der Waals surface area contributed by atoms with Gasteiger partial charge in [-0.15, -0.1) is 0 Å². The standard InChI is InChI=1S/C23H25N3O5S2/c27-22(25-10-4-5-11-25)21(17-6-2-1-3-7-17)32-23-24-19-16-18(8-9-20(19)31-23)33(28,29)26-12-14-30-15-13-26/h1-3,6-9,16,21H,4-5,10-15H2/t21-/m0/s1. The Kier molecular flexibility index (Phi) is 6.42. The van der Waals surface area contributed by atoms with E-state index in [1.807, 2.05) is 35.2 Å². The number of likely N-dealkylation sites (tertiary alicyclic amines) is 1. The van der Waals surface area contributed by atoms with Gasteiger partial charge in [0.25, 0.3) is 5.22 Å². The molecule has 1 atom stereocenters. The molecular formula is C23H25N3O5S2. The van der Waals surface area contributed by atoms with Gasteiger partial charge in [-0.25, -0.2) is 13.4 Å². The van der Waals surface area contributed by atoms with Crippen LogP contribution in [0.4, 0.5) is 0 Å². The highest BCUT2D eigenvalue weighted by molar-refractivity contribution is 8.00. The minimum atomic E-state index is -3.63. The number of nitrogens with zero attached hydrogens (tertiary/aromatic N) is 3. The summed E-state index contributed by atoms with van der Waals surface area (Å²) in [5, 5.41) is -0.138. The lowest BCUT2D eigenvalue weighted by Gasteiger charge is -2.25. The van der Waals surface area contributed by atoms with Gasteiger partial charge in [-0.05, 0) is 48.4 Å². The minimum absolute atomic E-state index is 0.0431. The Morgan fingerprint density at radius 3 is 2.45 bits per heavy atom. The number of morpholine rings is 1. The Balaban J connectivity index is 1.43. The van der Waals surface area contributed by atoms with Crippen LogP contribution < -0.4 is 0 Å². The van der Waals surface area contributed by atoms with Gasteiger partial charge in [-0.2, -0.15) is 4.31 Å². The van der Waals surface area contributed by atoms with Crippen molar-refractivity contribution in [2.75, 3.05) is 39.4 Å². The molecule has 2 aliphatic heterocycles. The van der Waals surface area contributed by atoms with Gasteiger partial charge >= 0.3 is 0 Å². The minimum Gasteiger partial charge on any atom is -0.431 e. The van der Waals surface area contributed by atoms with Gasteiger partial charge in [0.15, 0.2) is 5.58 Å². The fourth-order valence-electron chi connectivity index (χ4n) is 4.13. The van der Waals surface area contributed by atoms with E-state index in [1.165, 1.54) is 28.2 Å². The number of oxazole rings is 1. The molecule has 1 aromatic heterocycles. The summed E-state index contributed by atoms with van der Waals surface area (Å²) in [7, 11) is -3.63. The molecular weight excluding hydrogens is 462 g/mol. The molecule has 33 heavy (non-hydrogen) atoms. The molecule has 2 aliphatic rings. The molecule has 3 heterocycles. The molecule has 0 unspecified atom stereocenters. The zero-order valence-electron chi connectivity index (χ0n) is 18.1. The second kappa shape index (κ2) is 9.46. The molecule has 174 valence electrons. The predicted octanol–water partition coefficient (Wildman–Crippen LogP) is 3.30. The smallest absolute Gasteiger partial charge is 0.257 e. The van der Waals surface area contributed by atoms with Gasteiger partial charge in [-0.3, -0.25) is 4.79 Å². The molecule has 0 radical (unpaired) electrons. The van der Waals surface area contributed by atoms with Crippen molar-refractivity contribution in [2.24, 2.45) is 0 Å². The SMILES string of the molecule is O=C([C@@H](Sc1nc2cc(S(=O)(=O)N3CCOCC3)ccc2o1)c1ccccc1)N1CCCC1. The molecule has 0 aliphatic carbocycles. The lowest BCUT2D eigenvalue weighted by Crippen LogP contribution is -2.40. The first kappa shape index (κ1) is 22.4. The highest BCUT2D eigenvalue weighted by Crippen LogP contribution is 2.38. The summed E-state index contributed by atoms with van der Waals surface area (Å²) >= 11 is 1.26. The summed E-state index contributed by atoms with van der Waals surface area (Å²) in [5.74, 6) is 0.0431. The maximum Gasteiger partial charge on any atom is 0.257 e. The zero-order chi connectivity index (χ0) is 22.8. The molecule has 2 saturated heterocycles. The van der Waals surface area contributed by atoms with E-state index in [-0.39, 0.29) is 10.8 Å². The number of sulfonamides is 1. The molecule has 3 aromatic rings. The fourth-order valence-corrected chi connectivity index (χ4v) is 6.59. The van der Waals surface area contributed by atoms with E-state index in [0.717, 1.165) is 31.5 Å². The third-order valence-electron chi connectivity index (χ3n) is 5.91. The number of carbonyl (C=O) groups is 1. The van der Waals surface area contributed by atoms with Crippen molar-refractivity contribution in [3.8, 4) is 0 Å². The Morgan fingerprint density at radius 1 is 1.00 bits per heavy atom. The van der Waals surface area contributed by atoms with Crippen LogP contribution in [0.5, 0.6) is 0 Å². The number of amides is 1. The van der Waals surface area contributed by atoms with Crippen molar-refractivity contribution in [1.82, 2.24) is 14.2 Å². The molecule has 0 N–H and O–H groups in total. The molecule has 5 rings (SSSR count). The Morgan fingerprint density at radius 2 is 1.73 bits per heavy atom. The van der Waals surface area contributed by atoms with E-state index < -0.39 is 15.3 Å². The number of thioether (sulfide) groups is 1. The maximum atomic E-state index is 13.3. The summed E-state index contributed by atoms with van der Waals surface area (Å²) in [4.78, 5) is 19.9. The van der Waals surface area contributed by atoms with Gasteiger partial charge in [0.2, 0.25) is 15.9 Å². The monoisotopic (exact) mass is 487 g/mol. The van der Waals surface area contributed by atoms with Crippen LogP contribution >= 0.6 is 11.8 Å². The average molecular weight is 488 g/mol. The van der Waals surface area contributed by atoms with Crippen LogP contribution in [0.3, 0.4) is 0 Å². The van der Waals surface area contributed by atoms with Crippen LogP contribution in [-0.2, 0) is 19.6 Å². The first-order chi connectivity index (χ1) is 16.0. The van der Waals surface area contributed by atoms with Crippen LogP contribution in [0.25, 0.3) is 11.1 Å². The average Bonchev–Trinajstić information content (AvgIpc) is 3.53. The van der Waals surface area contributed by atoms with Gasteiger partial charge in [0.1, 0.15) is 10.8 Å². The molecule has 10 heteroatoms. The van der Waals surface area contributed by atoms with Gasteiger partial charge in [0.05, 0.1) is 18.1 Å².